The third kappa shape index (κ3) is 3.06. The molecule has 5 aromatic rings. The summed E-state index contributed by atoms with van der Waals surface area (Å²) in [5.74, 6) is 0.881. The molecule has 0 bridgehead atoms. The normalized spacial score (nSPS) is 11.1. The molecule has 0 aliphatic carbocycles. The highest BCUT2D eigenvalue weighted by Gasteiger charge is 2.17. The van der Waals surface area contributed by atoms with E-state index < -0.39 is 5.76 Å². The van der Waals surface area contributed by atoms with Crippen molar-refractivity contribution in [3.63, 3.8) is 0 Å². The maximum Gasteiger partial charge on any atom is 0.427 e. The van der Waals surface area contributed by atoms with Crippen LogP contribution in [-0.4, -0.2) is 21.6 Å². The molecule has 0 amide bonds. The lowest BCUT2D eigenvalue weighted by Gasteiger charge is -2.13. The average Bonchev–Trinajstić information content (AvgIpc) is 3.13. The van der Waals surface area contributed by atoms with Crippen LogP contribution in [0.15, 0.2) is 82.0 Å². The van der Waals surface area contributed by atoms with Gasteiger partial charge in [0.15, 0.2) is 5.58 Å². The molecule has 0 aliphatic heterocycles. The Bertz CT molecular complexity index is 1410. The third-order valence-corrected chi connectivity index (χ3v) is 4.89. The summed E-state index contributed by atoms with van der Waals surface area (Å²) in [7, 11) is 1.59. The van der Waals surface area contributed by atoms with Crippen LogP contribution in [0.1, 0.15) is 5.56 Å². The van der Waals surface area contributed by atoms with Crippen molar-refractivity contribution in [2.24, 2.45) is 0 Å². The Labute approximate surface area is 171 Å². The number of methoxy groups -OCH3 is 1. The van der Waals surface area contributed by atoms with Crippen LogP contribution in [0.2, 0.25) is 0 Å². The van der Waals surface area contributed by atoms with E-state index in [1.807, 2.05) is 60.7 Å². The monoisotopic (exact) mass is 398 g/mol. The van der Waals surface area contributed by atoms with Gasteiger partial charge in [-0.05, 0) is 29.8 Å². The number of nitrogens with one attached hydrogen (secondary N) is 1. The topological polar surface area (TPSA) is 82.2 Å². The van der Waals surface area contributed by atoms with Gasteiger partial charge in [0.1, 0.15) is 17.1 Å². The summed E-state index contributed by atoms with van der Waals surface area (Å²) in [6, 6.07) is 22.8. The molecule has 0 fully saturated rings. The Morgan fingerprint density at radius 2 is 1.77 bits per heavy atom. The van der Waals surface area contributed by atoms with E-state index in [1.165, 1.54) is 4.57 Å². The number of aromatic nitrogens is 3. The van der Waals surface area contributed by atoms with Crippen molar-refractivity contribution >= 4 is 27.8 Å². The van der Waals surface area contributed by atoms with Gasteiger partial charge in [-0.15, -0.1) is 0 Å². The molecule has 7 nitrogen and oxygen atoms in total. The number of anilines is 1. The molecule has 0 aliphatic rings. The van der Waals surface area contributed by atoms with Crippen molar-refractivity contribution in [3.05, 3.63) is 88.9 Å². The van der Waals surface area contributed by atoms with Gasteiger partial charge in [0.05, 0.1) is 12.6 Å². The maximum absolute atomic E-state index is 12.6. The van der Waals surface area contributed by atoms with Gasteiger partial charge in [-0.3, -0.25) is 0 Å². The maximum atomic E-state index is 12.6. The van der Waals surface area contributed by atoms with Gasteiger partial charge in [0.25, 0.3) is 0 Å². The molecule has 0 atom stereocenters. The minimum atomic E-state index is -0.542. The summed E-state index contributed by atoms with van der Waals surface area (Å²) in [6.45, 7) is 0.574. The molecule has 0 unspecified atom stereocenters. The molecule has 148 valence electrons. The standard InChI is InChI=1S/C23H18N4O3/c1-29-19-13-7-10-16-20(19)25-22(26-21(16)24-14-15-8-3-2-4-9-15)27-17-11-5-6-12-18(17)30-23(27)28/h2-13H,14H2,1H3,(H,24,25,26). The second kappa shape index (κ2) is 7.36. The van der Waals surface area contributed by atoms with E-state index in [1.54, 1.807) is 19.2 Å². The van der Waals surface area contributed by atoms with Crippen LogP contribution in [0.25, 0.3) is 28.0 Å². The van der Waals surface area contributed by atoms with Crippen molar-refractivity contribution < 1.29 is 9.15 Å². The first-order chi connectivity index (χ1) is 14.7. The van der Waals surface area contributed by atoms with Gasteiger partial charge in [-0.25, -0.2) is 14.3 Å². The molecular weight excluding hydrogens is 380 g/mol. The average molecular weight is 398 g/mol. The number of benzene rings is 3. The van der Waals surface area contributed by atoms with Crippen LogP contribution in [0.5, 0.6) is 5.75 Å². The van der Waals surface area contributed by atoms with E-state index in [2.05, 4.69) is 15.3 Å². The molecule has 2 heterocycles. The molecule has 0 saturated carbocycles. The minimum Gasteiger partial charge on any atom is -0.494 e. The summed E-state index contributed by atoms with van der Waals surface area (Å²) < 4.78 is 12.2. The van der Waals surface area contributed by atoms with Crippen molar-refractivity contribution in [1.82, 2.24) is 14.5 Å². The lowest BCUT2D eigenvalue weighted by Crippen LogP contribution is -2.16. The number of hydrogen-bond acceptors (Lipinski definition) is 6. The Morgan fingerprint density at radius 1 is 0.967 bits per heavy atom. The van der Waals surface area contributed by atoms with Crippen molar-refractivity contribution in [3.8, 4) is 11.7 Å². The lowest BCUT2D eigenvalue weighted by molar-refractivity contribution is 0.418. The first kappa shape index (κ1) is 17.9. The highest BCUT2D eigenvalue weighted by molar-refractivity contribution is 5.93. The summed E-state index contributed by atoms with van der Waals surface area (Å²) >= 11 is 0. The zero-order valence-corrected chi connectivity index (χ0v) is 16.2. The SMILES string of the molecule is COc1cccc2c(NCc3ccccc3)nc(-n3c(=O)oc4ccccc43)nc12. The van der Waals surface area contributed by atoms with Gasteiger partial charge < -0.3 is 14.5 Å². The minimum absolute atomic E-state index is 0.220. The smallest absolute Gasteiger partial charge is 0.427 e. The highest BCUT2D eigenvalue weighted by atomic mass is 16.5. The van der Waals surface area contributed by atoms with Gasteiger partial charge in [0, 0.05) is 11.9 Å². The van der Waals surface area contributed by atoms with E-state index in [4.69, 9.17) is 9.15 Å². The van der Waals surface area contributed by atoms with E-state index >= 15 is 0 Å². The van der Waals surface area contributed by atoms with Crippen molar-refractivity contribution in [2.45, 2.75) is 6.54 Å². The fraction of sp³-hybridized carbons (Fsp3) is 0.0870. The predicted molar refractivity (Wildman–Crippen MR) is 115 cm³/mol. The molecule has 0 spiro atoms. The molecular formula is C23H18N4O3. The van der Waals surface area contributed by atoms with Crippen LogP contribution < -0.4 is 15.8 Å². The second-order valence-corrected chi connectivity index (χ2v) is 6.74. The number of hydrogen-bond donors (Lipinski definition) is 1. The fourth-order valence-electron chi connectivity index (χ4n) is 3.45. The number of fused-ring (bicyclic) bond motifs is 2. The number of oxazole rings is 1. The third-order valence-electron chi connectivity index (χ3n) is 4.89. The summed E-state index contributed by atoms with van der Waals surface area (Å²) in [4.78, 5) is 21.9. The van der Waals surface area contributed by atoms with Crippen LogP contribution in [0.4, 0.5) is 5.82 Å². The highest BCUT2D eigenvalue weighted by Crippen LogP contribution is 2.29. The number of rotatable bonds is 5. The van der Waals surface area contributed by atoms with Gasteiger partial charge in [-0.2, -0.15) is 4.98 Å². The van der Waals surface area contributed by atoms with Crippen LogP contribution in [0, 0.1) is 0 Å². The zero-order valence-electron chi connectivity index (χ0n) is 16.2. The largest absolute Gasteiger partial charge is 0.494 e. The van der Waals surface area contributed by atoms with Crippen molar-refractivity contribution in [1.29, 1.82) is 0 Å². The van der Waals surface area contributed by atoms with Gasteiger partial charge in [-0.1, -0.05) is 48.5 Å². The Kier molecular flexibility index (Phi) is 4.40. The number of para-hydroxylation sites is 3. The fourth-order valence-corrected chi connectivity index (χ4v) is 3.45. The van der Waals surface area contributed by atoms with E-state index in [9.17, 15) is 4.79 Å². The van der Waals surface area contributed by atoms with Crippen LogP contribution in [0.3, 0.4) is 0 Å². The number of nitrogens with zero attached hydrogens (tertiary/aromatic N) is 3. The molecule has 5 rings (SSSR count). The van der Waals surface area contributed by atoms with Crippen LogP contribution in [-0.2, 0) is 6.54 Å². The molecule has 7 heteroatoms. The first-order valence-electron chi connectivity index (χ1n) is 9.48. The molecule has 3 aromatic carbocycles. The second-order valence-electron chi connectivity index (χ2n) is 6.74. The van der Waals surface area contributed by atoms with Gasteiger partial charge >= 0.3 is 5.76 Å². The lowest BCUT2D eigenvalue weighted by atomic mass is 10.2. The van der Waals surface area contributed by atoms with Crippen molar-refractivity contribution in [2.75, 3.05) is 12.4 Å². The molecule has 0 saturated heterocycles. The quantitative estimate of drug-likeness (QED) is 0.479. The molecule has 30 heavy (non-hydrogen) atoms. The summed E-state index contributed by atoms with van der Waals surface area (Å²) in [5.41, 5.74) is 2.80. The van der Waals surface area contributed by atoms with Gasteiger partial charge in [0.2, 0.25) is 5.95 Å². The van der Waals surface area contributed by atoms with E-state index in [-0.39, 0.29) is 5.95 Å². The first-order valence-corrected chi connectivity index (χ1v) is 9.48. The van der Waals surface area contributed by atoms with E-state index in [0.717, 1.165) is 10.9 Å². The van der Waals surface area contributed by atoms with E-state index in [0.29, 0.717) is 34.7 Å². The van der Waals surface area contributed by atoms with Crippen LogP contribution >= 0.6 is 0 Å². The summed E-state index contributed by atoms with van der Waals surface area (Å²) in [6.07, 6.45) is 0. The summed E-state index contributed by atoms with van der Waals surface area (Å²) in [5, 5.41) is 4.17. The zero-order chi connectivity index (χ0) is 20.5. The molecule has 2 aromatic heterocycles. The molecule has 1 N–H and O–H groups in total. The predicted octanol–water partition coefficient (Wildman–Crippen LogP) is 4.15. The number of ether oxygens (including phenoxy) is 1. The Hall–Kier alpha value is -4.13. The molecule has 0 radical (unpaired) electrons. The Morgan fingerprint density at radius 3 is 2.60 bits per heavy atom. The Balaban J connectivity index is 1.71.